The molecule has 0 aromatic carbocycles. The zero-order valence-corrected chi connectivity index (χ0v) is 7.40. The number of aliphatic carboxylic acids is 1. The Kier molecular flexibility index (Phi) is 3.22. The van der Waals surface area contributed by atoms with E-state index in [1.807, 2.05) is 12.2 Å². The standard InChI is InChI=1S/C9H12O4/c1-12-9(13-7-8(10)11)5-3-2-4-6-9/h3-6H,2,7H2,1H3,(H,10,11). The average Bonchev–Trinajstić information content (AvgIpc) is 2.16. The van der Waals surface area contributed by atoms with E-state index < -0.39 is 11.8 Å². The molecule has 0 amide bonds. The van der Waals surface area contributed by atoms with Crippen molar-refractivity contribution >= 4 is 5.97 Å². The molecule has 0 bridgehead atoms. The second-order valence-corrected chi connectivity index (χ2v) is 2.65. The number of carbonyl (C=O) groups is 1. The van der Waals surface area contributed by atoms with Gasteiger partial charge in [0.15, 0.2) is 0 Å². The quantitative estimate of drug-likeness (QED) is 0.522. The largest absolute Gasteiger partial charge is 0.480 e. The first-order valence-electron chi connectivity index (χ1n) is 3.95. The van der Waals surface area contributed by atoms with Gasteiger partial charge in [-0.25, -0.2) is 4.79 Å². The van der Waals surface area contributed by atoms with Crippen molar-refractivity contribution in [3.05, 3.63) is 24.3 Å². The van der Waals surface area contributed by atoms with Gasteiger partial charge in [0.1, 0.15) is 6.61 Å². The van der Waals surface area contributed by atoms with E-state index in [2.05, 4.69) is 0 Å². The molecule has 1 aliphatic carbocycles. The lowest BCUT2D eigenvalue weighted by Crippen LogP contribution is -2.33. The molecule has 0 fully saturated rings. The summed E-state index contributed by atoms with van der Waals surface area (Å²) in [7, 11) is 1.47. The summed E-state index contributed by atoms with van der Waals surface area (Å²) in [5, 5.41) is 8.43. The first-order valence-corrected chi connectivity index (χ1v) is 3.95. The summed E-state index contributed by atoms with van der Waals surface area (Å²) in [6.45, 7) is -0.373. The molecule has 4 nitrogen and oxygen atoms in total. The molecular weight excluding hydrogens is 172 g/mol. The third-order valence-corrected chi connectivity index (χ3v) is 1.71. The fourth-order valence-corrected chi connectivity index (χ4v) is 1.06. The second-order valence-electron chi connectivity index (χ2n) is 2.65. The van der Waals surface area contributed by atoms with Crippen LogP contribution in [0.2, 0.25) is 0 Å². The number of rotatable bonds is 4. The maximum absolute atomic E-state index is 10.3. The van der Waals surface area contributed by atoms with Gasteiger partial charge < -0.3 is 14.6 Å². The van der Waals surface area contributed by atoms with Crippen molar-refractivity contribution in [2.75, 3.05) is 13.7 Å². The monoisotopic (exact) mass is 184 g/mol. The molecule has 13 heavy (non-hydrogen) atoms. The number of carboxylic acid groups (broad SMARTS) is 1. The maximum Gasteiger partial charge on any atom is 0.329 e. The fraction of sp³-hybridized carbons (Fsp3) is 0.444. The zero-order chi connectivity index (χ0) is 9.73. The van der Waals surface area contributed by atoms with Crippen LogP contribution in [0.15, 0.2) is 24.3 Å². The lowest BCUT2D eigenvalue weighted by Gasteiger charge is -2.26. The van der Waals surface area contributed by atoms with Gasteiger partial charge >= 0.3 is 5.97 Å². The second kappa shape index (κ2) is 4.20. The Morgan fingerprint density at radius 1 is 1.54 bits per heavy atom. The number of hydrogen-bond donors (Lipinski definition) is 1. The van der Waals surface area contributed by atoms with Crippen molar-refractivity contribution < 1.29 is 19.4 Å². The smallest absolute Gasteiger partial charge is 0.329 e. The minimum absolute atomic E-state index is 0.373. The van der Waals surface area contributed by atoms with Gasteiger partial charge in [-0.2, -0.15) is 0 Å². The van der Waals surface area contributed by atoms with Gasteiger partial charge in [-0.1, -0.05) is 12.2 Å². The van der Waals surface area contributed by atoms with E-state index in [1.54, 1.807) is 12.2 Å². The molecule has 0 aromatic heterocycles. The predicted octanol–water partition coefficient (Wildman–Crippen LogP) is 0.946. The van der Waals surface area contributed by atoms with E-state index in [0.29, 0.717) is 0 Å². The van der Waals surface area contributed by atoms with E-state index in [-0.39, 0.29) is 6.61 Å². The summed E-state index contributed by atoms with van der Waals surface area (Å²) in [5.74, 6) is -2.00. The summed E-state index contributed by atoms with van der Waals surface area (Å²) in [6, 6.07) is 0. The van der Waals surface area contributed by atoms with Crippen molar-refractivity contribution in [1.29, 1.82) is 0 Å². The van der Waals surface area contributed by atoms with Crippen LogP contribution in [-0.2, 0) is 14.3 Å². The van der Waals surface area contributed by atoms with Crippen LogP contribution in [0.25, 0.3) is 0 Å². The molecule has 1 rings (SSSR count). The molecule has 0 spiro atoms. The predicted molar refractivity (Wildman–Crippen MR) is 46.2 cm³/mol. The molecule has 0 radical (unpaired) electrons. The minimum Gasteiger partial charge on any atom is -0.480 e. The fourth-order valence-electron chi connectivity index (χ4n) is 1.06. The highest BCUT2D eigenvalue weighted by atomic mass is 16.7. The third kappa shape index (κ3) is 2.68. The van der Waals surface area contributed by atoms with Crippen molar-refractivity contribution in [2.24, 2.45) is 0 Å². The summed E-state index contributed by atoms with van der Waals surface area (Å²) in [5.41, 5.74) is 0. The van der Waals surface area contributed by atoms with Gasteiger partial charge in [0, 0.05) is 7.11 Å². The van der Waals surface area contributed by atoms with Crippen LogP contribution in [0, 0.1) is 0 Å². The minimum atomic E-state index is -1.01. The molecule has 0 heterocycles. The van der Waals surface area contributed by atoms with Gasteiger partial charge in [0.05, 0.1) is 0 Å². The number of hydrogen-bond acceptors (Lipinski definition) is 3. The summed E-state index contributed by atoms with van der Waals surface area (Å²) in [6.07, 6.45) is 7.96. The van der Waals surface area contributed by atoms with Crippen LogP contribution >= 0.6 is 0 Å². The number of allylic oxidation sites excluding steroid dienone is 2. The average molecular weight is 184 g/mol. The Morgan fingerprint density at radius 2 is 2.15 bits per heavy atom. The van der Waals surface area contributed by atoms with Crippen molar-refractivity contribution in [2.45, 2.75) is 12.2 Å². The Bertz CT molecular complexity index is 230. The first kappa shape index (κ1) is 9.95. The molecule has 1 N–H and O–H groups in total. The van der Waals surface area contributed by atoms with Crippen molar-refractivity contribution in [3.63, 3.8) is 0 Å². The molecule has 4 heteroatoms. The Hall–Kier alpha value is -1.13. The number of carboxylic acids is 1. The van der Waals surface area contributed by atoms with Crippen LogP contribution in [0.4, 0.5) is 0 Å². The van der Waals surface area contributed by atoms with Gasteiger partial charge in [-0.3, -0.25) is 0 Å². The normalized spacial score (nSPS) is 18.8. The van der Waals surface area contributed by atoms with Crippen LogP contribution in [-0.4, -0.2) is 30.6 Å². The molecule has 0 saturated carbocycles. The van der Waals surface area contributed by atoms with Crippen molar-refractivity contribution in [3.8, 4) is 0 Å². The van der Waals surface area contributed by atoms with Gasteiger partial charge in [0.2, 0.25) is 5.79 Å². The molecule has 0 atom stereocenters. The van der Waals surface area contributed by atoms with Gasteiger partial charge in [0.25, 0.3) is 0 Å². The van der Waals surface area contributed by atoms with E-state index >= 15 is 0 Å². The lowest BCUT2D eigenvalue weighted by molar-refractivity contribution is -0.175. The maximum atomic E-state index is 10.3. The summed E-state index contributed by atoms with van der Waals surface area (Å²) >= 11 is 0. The molecule has 1 aliphatic rings. The Labute approximate surface area is 76.5 Å². The number of ether oxygens (including phenoxy) is 2. The molecular formula is C9H12O4. The summed E-state index contributed by atoms with van der Waals surface area (Å²) in [4.78, 5) is 10.3. The summed E-state index contributed by atoms with van der Waals surface area (Å²) < 4.78 is 10.2. The molecule has 72 valence electrons. The van der Waals surface area contributed by atoms with Gasteiger partial charge in [-0.05, 0) is 18.6 Å². The molecule has 0 aliphatic heterocycles. The lowest BCUT2D eigenvalue weighted by atomic mass is 10.1. The number of methoxy groups -OCH3 is 1. The zero-order valence-electron chi connectivity index (χ0n) is 7.40. The molecule has 0 unspecified atom stereocenters. The van der Waals surface area contributed by atoms with E-state index in [0.717, 1.165) is 6.42 Å². The highest BCUT2D eigenvalue weighted by molar-refractivity contribution is 5.68. The highest BCUT2D eigenvalue weighted by Gasteiger charge is 2.26. The van der Waals surface area contributed by atoms with Crippen LogP contribution < -0.4 is 0 Å². The first-order chi connectivity index (χ1) is 6.18. The van der Waals surface area contributed by atoms with Gasteiger partial charge in [-0.15, -0.1) is 0 Å². The highest BCUT2D eigenvalue weighted by Crippen LogP contribution is 2.20. The Balaban J connectivity index is 2.58. The third-order valence-electron chi connectivity index (χ3n) is 1.71. The molecule has 0 saturated heterocycles. The van der Waals surface area contributed by atoms with Crippen LogP contribution in [0.3, 0.4) is 0 Å². The van der Waals surface area contributed by atoms with E-state index in [1.165, 1.54) is 7.11 Å². The molecule has 0 aromatic rings. The van der Waals surface area contributed by atoms with Crippen LogP contribution in [0.5, 0.6) is 0 Å². The topological polar surface area (TPSA) is 55.8 Å². The van der Waals surface area contributed by atoms with E-state index in [4.69, 9.17) is 14.6 Å². The Morgan fingerprint density at radius 3 is 2.62 bits per heavy atom. The van der Waals surface area contributed by atoms with E-state index in [9.17, 15) is 4.79 Å². The SMILES string of the molecule is COC1(OCC(=O)O)C=CCC=C1. The van der Waals surface area contributed by atoms with Crippen molar-refractivity contribution in [1.82, 2.24) is 0 Å². The van der Waals surface area contributed by atoms with Crippen LogP contribution in [0.1, 0.15) is 6.42 Å².